The summed E-state index contributed by atoms with van der Waals surface area (Å²) in [5, 5.41) is 8.57. The van der Waals surface area contributed by atoms with Crippen LogP contribution in [0.3, 0.4) is 0 Å². The SMILES string of the molecule is Cn1cc(Br)cc1C(=O)N1CCC(OCCC(=O)O)CC1. The van der Waals surface area contributed by atoms with E-state index in [2.05, 4.69) is 15.9 Å². The molecule has 2 heterocycles. The van der Waals surface area contributed by atoms with Crippen LogP contribution in [0.4, 0.5) is 0 Å². The first-order valence-electron chi connectivity index (χ1n) is 6.92. The van der Waals surface area contributed by atoms with E-state index in [-0.39, 0.29) is 25.0 Å². The average molecular weight is 359 g/mol. The second kappa shape index (κ2) is 7.09. The molecule has 1 aliphatic heterocycles. The maximum absolute atomic E-state index is 12.4. The molecule has 1 N–H and O–H groups in total. The predicted octanol–water partition coefficient (Wildman–Crippen LogP) is 1.88. The minimum atomic E-state index is -0.850. The van der Waals surface area contributed by atoms with E-state index in [1.165, 1.54) is 0 Å². The van der Waals surface area contributed by atoms with Crippen molar-refractivity contribution >= 4 is 27.8 Å². The number of hydrogen-bond acceptors (Lipinski definition) is 3. The number of aryl methyl sites for hydroxylation is 1. The van der Waals surface area contributed by atoms with Crippen LogP contribution in [0.5, 0.6) is 0 Å². The Hall–Kier alpha value is -1.34. The van der Waals surface area contributed by atoms with Gasteiger partial charge in [-0.25, -0.2) is 0 Å². The van der Waals surface area contributed by atoms with Gasteiger partial charge in [-0.3, -0.25) is 9.59 Å². The van der Waals surface area contributed by atoms with E-state index >= 15 is 0 Å². The maximum atomic E-state index is 12.4. The Kier molecular flexibility index (Phi) is 5.41. The van der Waals surface area contributed by atoms with E-state index in [0.29, 0.717) is 18.8 Å². The van der Waals surface area contributed by atoms with Gasteiger partial charge in [0, 0.05) is 30.8 Å². The Morgan fingerprint density at radius 2 is 2.10 bits per heavy atom. The van der Waals surface area contributed by atoms with Crippen molar-refractivity contribution in [3.05, 3.63) is 22.4 Å². The van der Waals surface area contributed by atoms with Gasteiger partial charge < -0.3 is 19.3 Å². The Bertz CT molecular complexity index is 521. The van der Waals surface area contributed by atoms with Gasteiger partial charge in [-0.1, -0.05) is 0 Å². The highest BCUT2D eigenvalue weighted by Gasteiger charge is 2.25. The summed E-state index contributed by atoms with van der Waals surface area (Å²) < 4.78 is 8.22. The van der Waals surface area contributed by atoms with E-state index < -0.39 is 5.97 Å². The van der Waals surface area contributed by atoms with Gasteiger partial charge in [0.15, 0.2) is 0 Å². The summed E-state index contributed by atoms with van der Waals surface area (Å²) >= 11 is 3.37. The molecule has 0 spiro atoms. The zero-order valence-corrected chi connectivity index (χ0v) is 13.5. The molecule has 0 atom stereocenters. The van der Waals surface area contributed by atoms with Gasteiger partial charge in [0.1, 0.15) is 5.69 Å². The van der Waals surface area contributed by atoms with Crippen LogP contribution in [-0.4, -0.2) is 52.3 Å². The smallest absolute Gasteiger partial charge is 0.305 e. The Morgan fingerprint density at radius 1 is 1.43 bits per heavy atom. The third-order valence-corrected chi connectivity index (χ3v) is 4.02. The standard InChI is InChI=1S/C14H19BrN2O4/c1-16-9-10(15)8-12(16)14(20)17-5-2-11(3-6-17)21-7-4-13(18)19/h8-9,11H,2-7H2,1H3,(H,18,19). The van der Waals surface area contributed by atoms with Crippen molar-refractivity contribution in [1.82, 2.24) is 9.47 Å². The minimum Gasteiger partial charge on any atom is -0.481 e. The lowest BCUT2D eigenvalue weighted by Crippen LogP contribution is -2.41. The third kappa shape index (κ3) is 4.31. The minimum absolute atomic E-state index is 0.0205. The lowest BCUT2D eigenvalue weighted by molar-refractivity contribution is -0.138. The second-order valence-corrected chi connectivity index (χ2v) is 6.08. The van der Waals surface area contributed by atoms with Crippen molar-refractivity contribution in [3.8, 4) is 0 Å². The average Bonchev–Trinajstić information content (AvgIpc) is 2.77. The molecule has 7 heteroatoms. The number of nitrogens with zero attached hydrogens (tertiary/aromatic N) is 2. The van der Waals surface area contributed by atoms with E-state index in [4.69, 9.17) is 9.84 Å². The number of amides is 1. The molecule has 0 unspecified atom stereocenters. The first-order valence-corrected chi connectivity index (χ1v) is 7.71. The van der Waals surface area contributed by atoms with E-state index in [1.54, 1.807) is 0 Å². The first-order chi connectivity index (χ1) is 9.97. The number of carbonyl (C=O) groups is 2. The van der Waals surface area contributed by atoms with Gasteiger partial charge in [0.25, 0.3) is 5.91 Å². The number of aliphatic carboxylic acids is 1. The van der Waals surface area contributed by atoms with Crippen molar-refractivity contribution in [1.29, 1.82) is 0 Å². The molecule has 0 radical (unpaired) electrons. The summed E-state index contributed by atoms with van der Waals surface area (Å²) in [6.07, 6.45) is 3.42. The van der Waals surface area contributed by atoms with Crippen LogP contribution >= 0.6 is 15.9 Å². The lowest BCUT2D eigenvalue weighted by Gasteiger charge is -2.32. The third-order valence-electron chi connectivity index (χ3n) is 3.59. The van der Waals surface area contributed by atoms with Crippen LogP contribution in [0, 0.1) is 0 Å². The number of halogens is 1. The molecule has 1 fully saturated rings. The van der Waals surface area contributed by atoms with Gasteiger partial charge in [0.05, 0.1) is 19.1 Å². The fourth-order valence-corrected chi connectivity index (χ4v) is 2.96. The lowest BCUT2D eigenvalue weighted by atomic mass is 10.1. The summed E-state index contributed by atoms with van der Waals surface area (Å²) in [6.45, 7) is 1.51. The maximum Gasteiger partial charge on any atom is 0.305 e. The van der Waals surface area contributed by atoms with Crippen molar-refractivity contribution in [2.75, 3.05) is 19.7 Å². The number of carbonyl (C=O) groups excluding carboxylic acids is 1. The molecule has 1 aliphatic rings. The second-order valence-electron chi connectivity index (χ2n) is 5.16. The molecule has 2 rings (SSSR count). The summed E-state index contributed by atoms with van der Waals surface area (Å²) in [6, 6.07) is 1.82. The zero-order valence-electron chi connectivity index (χ0n) is 11.9. The highest BCUT2D eigenvalue weighted by atomic mass is 79.9. The fraction of sp³-hybridized carbons (Fsp3) is 0.571. The molecular formula is C14H19BrN2O4. The number of aromatic nitrogens is 1. The fourth-order valence-electron chi connectivity index (χ4n) is 2.44. The predicted molar refractivity (Wildman–Crippen MR) is 80.2 cm³/mol. The molecule has 1 amide bonds. The van der Waals surface area contributed by atoms with E-state index in [1.807, 2.05) is 28.8 Å². The van der Waals surface area contributed by atoms with Crippen molar-refractivity contribution in [3.63, 3.8) is 0 Å². The van der Waals surface area contributed by atoms with Crippen LogP contribution < -0.4 is 0 Å². The normalized spacial score (nSPS) is 16.2. The van der Waals surface area contributed by atoms with Gasteiger partial charge in [-0.05, 0) is 34.8 Å². The summed E-state index contributed by atoms with van der Waals surface area (Å²) in [7, 11) is 1.85. The Labute approximate surface area is 131 Å². The summed E-state index contributed by atoms with van der Waals surface area (Å²) in [5.74, 6) is -0.830. The molecular weight excluding hydrogens is 340 g/mol. The first kappa shape index (κ1) is 16.0. The molecule has 0 saturated carbocycles. The molecule has 0 bridgehead atoms. The molecule has 1 aromatic heterocycles. The Balaban J connectivity index is 1.82. The molecule has 0 aromatic carbocycles. The zero-order chi connectivity index (χ0) is 15.4. The molecule has 1 aromatic rings. The van der Waals surface area contributed by atoms with Gasteiger partial charge in [-0.2, -0.15) is 0 Å². The Morgan fingerprint density at radius 3 is 2.62 bits per heavy atom. The highest BCUT2D eigenvalue weighted by Crippen LogP contribution is 2.19. The van der Waals surface area contributed by atoms with Crippen LogP contribution in [0.25, 0.3) is 0 Å². The van der Waals surface area contributed by atoms with Gasteiger partial charge >= 0.3 is 5.97 Å². The van der Waals surface area contributed by atoms with Crippen LogP contribution in [0.1, 0.15) is 29.8 Å². The largest absolute Gasteiger partial charge is 0.481 e. The number of carboxylic acid groups (broad SMARTS) is 1. The highest BCUT2D eigenvalue weighted by molar-refractivity contribution is 9.10. The monoisotopic (exact) mass is 358 g/mol. The molecule has 0 aliphatic carbocycles. The van der Waals surface area contributed by atoms with Crippen molar-refractivity contribution < 1.29 is 19.4 Å². The number of rotatable bonds is 5. The summed E-state index contributed by atoms with van der Waals surface area (Å²) in [5.41, 5.74) is 0.659. The number of likely N-dealkylation sites (tertiary alicyclic amines) is 1. The molecule has 6 nitrogen and oxygen atoms in total. The molecule has 21 heavy (non-hydrogen) atoms. The number of carboxylic acids is 1. The van der Waals surface area contributed by atoms with Gasteiger partial charge in [0.2, 0.25) is 0 Å². The van der Waals surface area contributed by atoms with E-state index in [9.17, 15) is 9.59 Å². The van der Waals surface area contributed by atoms with Crippen molar-refractivity contribution in [2.45, 2.75) is 25.4 Å². The summed E-state index contributed by atoms with van der Waals surface area (Å²) in [4.78, 5) is 24.7. The number of hydrogen-bond donors (Lipinski definition) is 1. The topological polar surface area (TPSA) is 71.8 Å². The quantitative estimate of drug-likeness (QED) is 0.872. The van der Waals surface area contributed by atoms with Crippen LogP contribution in [0.2, 0.25) is 0 Å². The number of ether oxygens (including phenoxy) is 1. The van der Waals surface area contributed by atoms with Crippen LogP contribution in [-0.2, 0) is 16.6 Å². The number of piperidine rings is 1. The molecule has 116 valence electrons. The van der Waals surface area contributed by atoms with Crippen molar-refractivity contribution in [2.24, 2.45) is 7.05 Å². The molecule has 1 saturated heterocycles. The van der Waals surface area contributed by atoms with Crippen LogP contribution in [0.15, 0.2) is 16.7 Å². The van der Waals surface area contributed by atoms with Gasteiger partial charge in [-0.15, -0.1) is 0 Å². The van der Waals surface area contributed by atoms with E-state index in [0.717, 1.165) is 17.3 Å².